The van der Waals surface area contributed by atoms with Crippen LogP contribution in [-0.2, 0) is 4.79 Å². The third kappa shape index (κ3) is 5.97. The van der Waals surface area contributed by atoms with Crippen LogP contribution in [0.4, 0.5) is 0 Å². The summed E-state index contributed by atoms with van der Waals surface area (Å²) >= 11 is 1.49. The molecule has 1 atom stereocenters. The number of amides is 1. The van der Waals surface area contributed by atoms with E-state index in [1.165, 1.54) is 31.0 Å². The fourth-order valence-corrected chi connectivity index (χ4v) is 4.98. The molecule has 1 saturated carbocycles. The molecule has 1 fully saturated rings. The molecule has 1 aliphatic rings. The Morgan fingerprint density at radius 2 is 1.84 bits per heavy atom. The lowest BCUT2D eigenvalue weighted by atomic mass is 9.95. The van der Waals surface area contributed by atoms with Gasteiger partial charge < -0.3 is 14.8 Å². The number of carbonyl (C=O) groups is 1. The molecule has 0 bridgehead atoms. The van der Waals surface area contributed by atoms with Gasteiger partial charge in [-0.15, -0.1) is 10.2 Å². The molecule has 1 aromatic carbocycles. The summed E-state index contributed by atoms with van der Waals surface area (Å²) in [5.74, 6) is 2.77. The van der Waals surface area contributed by atoms with Gasteiger partial charge in [0.1, 0.15) is 0 Å². The number of thioether (sulfide) groups is 1. The van der Waals surface area contributed by atoms with Crippen molar-refractivity contribution in [2.45, 2.75) is 75.7 Å². The van der Waals surface area contributed by atoms with E-state index in [-0.39, 0.29) is 11.2 Å². The van der Waals surface area contributed by atoms with Gasteiger partial charge in [0.15, 0.2) is 22.5 Å². The first-order chi connectivity index (χ1) is 15.4. The minimum Gasteiger partial charge on any atom is -0.493 e. The van der Waals surface area contributed by atoms with Crippen LogP contribution in [0.25, 0.3) is 11.4 Å². The second-order valence-corrected chi connectivity index (χ2v) is 10.1. The van der Waals surface area contributed by atoms with Gasteiger partial charge in [-0.05, 0) is 50.3 Å². The van der Waals surface area contributed by atoms with Gasteiger partial charge >= 0.3 is 0 Å². The number of rotatable bonds is 10. The number of methoxy groups -OCH3 is 2. The van der Waals surface area contributed by atoms with E-state index in [0.29, 0.717) is 30.0 Å². The smallest absolute Gasteiger partial charge is 0.233 e. The molecule has 0 spiro atoms. The summed E-state index contributed by atoms with van der Waals surface area (Å²) in [4.78, 5) is 12.6. The van der Waals surface area contributed by atoms with Crippen LogP contribution < -0.4 is 14.8 Å². The van der Waals surface area contributed by atoms with Crippen molar-refractivity contribution in [3.63, 3.8) is 0 Å². The van der Waals surface area contributed by atoms with Crippen LogP contribution in [0.15, 0.2) is 23.4 Å². The highest BCUT2D eigenvalue weighted by Crippen LogP contribution is 2.38. The van der Waals surface area contributed by atoms with Crippen molar-refractivity contribution in [3.8, 4) is 22.9 Å². The number of carbonyl (C=O) groups excluding carboxylic acids is 1. The van der Waals surface area contributed by atoms with E-state index in [4.69, 9.17) is 9.47 Å². The lowest BCUT2D eigenvalue weighted by Gasteiger charge is -2.26. The van der Waals surface area contributed by atoms with Crippen molar-refractivity contribution in [2.24, 2.45) is 5.92 Å². The average molecular weight is 461 g/mol. The Kier molecular flexibility index (Phi) is 8.84. The number of benzene rings is 1. The first kappa shape index (κ1) is 24.4. The molecule has 1 N–H and O–H groups in total. The number of hydrogen-bond acceptors (Lipinski definition) is 6. The fourth-order valence-electron chi connectivity index (χ4n) is 4.04. The van der Waals surface area contributed by atoms with Crippen molar-refractivity contribution in [2.75, 3.05) is 20.8 Å². The molecule has 176 valence electrons. The van der Waals surface area contributed by atoms with Crippen molar-refractivity contribution in [1.82, 2.24) is 20.1 Å². The van der Waals surface area contributed by atoms with Gasteiger partial charge in [0.25, 0.3) is 0 Å². The Hall–Kier alpha value is -2.22. The standard InChI is InChI=1S/C24H36N4O3S/c1-16(2)13-14-25-23(29)17(3)32-24-27-26-22(28(24)19-9-7-6-8-10-19)18-11-12-20(30-4)21(15-18)31-5/h11-12,15-17,19H,6-10,13-14H2,1-5H3,(H,25,29). The van der Waals surface area contributed by atoms with Gasteiger partial charge in [0, 0.05) is 18.2 Å². The van der Waals surface area contributed by atoms with Crippen LogP contribution in [0.1, 0.15) is 65.3 Å². The molecule has 1 amide bonds. The van der Waals surface area contributed by atoms with Crippen molar-refractivity contribution in [1.29, 1.82) is 0 Å². The highest BCUT2D eigenvalue weighted by molar-refractivity contribution is 8.00. The predicted molar refractivity (Wildman–Crippen MR) is 128 cm³/mol. The molecule has 1 heterocycles. The van der Waals surface area contributed by atoms with Crippen LogP contribution in [0, 0.1) is 5.92 Å². The van der Waals surface area contributed by atoms with Gasteiger partial charge in [-0.3, -0.25) is 9.36 Å². The topological polar surface area (TPSA) is 78.3 Å². The van der Waals surface area contributed by atoms with E-state index < -0.39 is 0 Å². The second-order valence-electron chi connectivity index (χ2n) is 8.77. The Balaban J connectivity index is 1.87. The highest BCUT2D eigenvalue weighted by atomic mass is 32.2. The number of aromatic nitrogens is 3. The van der Waals surface area contributed by atoms with E-state index in [9.17, 15) is 4.79 Å². The minimum absolute atomic E-state index is 0.0431. The summed E-state index contributed by atoms with van der Waals surface area (Å²) in [6.45, 7) is 6.96. The third-order valence-electron chi connectivity index (χ3n) is 5.92. The van der Waals surface area contributed by atoms with E-state index >= 15 is 0 Å². The van der Waals surface area contributed by atoms with Gasteiger partial charge in [0.05, 0.1) is 19.5 Å². The number of hydrogen-bond donors (Lipinski definition) is 1. The molecule has 1 aromatic heterocycles. The number of nitrogens with one attached hydrogen (secondary N) is 1. The zero-order chi connectivity index (χ0) is 23.1. The predicted octanol–water partition coefficient (Wildman–Crippen LogP) is 5.11. The zero-order valence-corrected chi connectivity index (χ0v) is 20.7. The SMILES string of the molecule is COc1ccc(-c2nnc(SC(C)C(=O)NCCC(C)C)n2C2CCCCC2)cc1OC. The molecule has 32 heavy (non-hydrogen) atoms. The molecular weight excluding hydrogens is 424 g/mol. The molecule has 0 radical (unpaired) electrons. The molecule has 1 unspecified atom stereocenters. The van der Waals surface area contributed by atoms with Crippen molar-refractivity contribution >= 4 is 17.7 Å². The number of ether oxygens (including phenoxy) is 2. The van der Waals surface area contributed by atoms with Crippen LogP contribution in [0.5, 0.6) is 11.5 Å². The van der Waals surface area contributed by atoms with E-state index in [1.807, 2.05) is 25.1 Å². The molecular formula is C24H36N4O3S. The first-order valence-corrected chi connectivity index (χ1v) is 12.4. The van der Waals surface area contributed by atoms with Crippen LogP contribution in [0.2, 0.25) is 0 Å². The third-order valence-corrected chi connectivity index (χ3v) is 6.98. The summed E-state index contributed by atoms with van der Waals surface area (Å²) in [6, 6.07) is 6.16. The first-order valence-electron chi connectivity index (χ1n) is 11.6. The molecule has 1 aliphatic carbocycles. The van der Waals surface area contributed by atoms with Crippen LogP contribution >= 0.6 is 11.8 Å². The van der Waals surface area contributed by atoms with Crippen molar-refractivity contribution in [3.05, 3.63) is 18.2 Å². The maximum Gasteiger partial charge on any atom is 0.233 e. The Labute approximate surface area is 195 Å². The Morgan fingerprint density at radius 1 is 1.12 bits per heavy atom. The highest BCUT2D eigenvalue weighted by Gasteiger charge is 2.27. The Bertz CT molecular complexity index is 893. The van der Waals surface area contributed by atoms with Gasteiger partial charge in [-0.2, -0.15) is 0 Å². The fraction of sp³-hybridized carbons (Fsp3) is 0.625. The average Bonchev–Trinajstić information content (AvgIpc) is 3.22. The van der Waals surface area contributed by atoms with Gasteiger partial charge in [-0.25, -0.2) is 0 Å². The van der Waals surface area contributed by atoms with Gasteiger partial charge in [-0.1, -0.05) is 44.9 Å². The van der Waals surface area contributed by atoms with Crippen LogP contribution in [0.3, 0.4) is 0 Å². The van der Waals surface area contributed by atoms with Crippen LogP contribution in [-0.4, -0.2) is 46.7 Å². The van der Waals surface area contributed by atoms with E-state index in [1.54, 1.807) is 14.2 Å². The second kappa shape index (κ2) is 11.6. The molecule has 3 rings (SSSR count). The summed E-state index contributed by atoms with van der Waals surface area (Å²) in [6.07, 6.45) is 6.83. The summed E-state index contributed by atoms with van der Waals surface area (Å²) in [5.41, 5.74) is 0.932. The van der Waals surface area contributed by atoms with Gasteiger partial charge in [0.2, 0.25) is 5.91 Å². The quantitative estimate of drug-likeness (QED) is 0.497. The maximum atomic E-state index is 12.6. The van der Waals surface area contributed by atoms with E-state index in [2.05, 4.69) is 33.9 Å². The summed E-state index contributed by atoms with van der Waals surface area (Å²) < 4.78 is 13.1. The molecule has 8 heteroatoms. The lowest BCUT2D eigenvalue weighted by Crippen LogP contribution is -2.32. The zero-order valence-electron chi connectivity index (χ0n) is 19.9. The maximum absolute atomic E-state index is 12.6. The summed E-state index contributed by atoms with van der Waals surface area (Å²) in [7, 11) is 3.26. The summed E-state index contributed by atoms with van der Waals surface area (Å²) in [5, 5.41) is 12.7. The minimum atomic E-state index is -0.244. The Morgan fingerprint density at radius 3 is 2.50 bits per heavy atom. The molecule has 0 saturated heterocycles. The largest absolute Gasteiger partial charge is 0.493 e. The monoisotopic (exact) mass is 460 g/mol. The molecule has 7 nitrogen and oxygen atoms in total. The molecule has 2 aromatic rings. The number of nitrogens with zero attached hydrogens (tertiary/aromatic N) is 3. The normalized spacial score (nSPS) is 15.6. The van der Waals surface area contributed by atoms with Crippen molar-refractivity contribution < 1.29 is 14.3 Å². The molecule has 0 aliphatic heterocycles. The van der Waals surface area contributed by atoms with E-state index in [0.717, 1.165) is 35.8 Å². The lowest BCUT2D eigenvalue weighted by molar-refractivity contribution is -0.120.